The van der Waals surface area contributed by atoms with Gasteiger partial charge in [0.15, 0.2) is 0 Å². The molecule has 4 heterocycles. The van der Waals surface area contributed by atoms with Crippen LogP contribution in [0.4, 0.5) is 15.9 Å². The summed E-state index contributed by atoms with van der Waals surface area (Å²) in [5.74, 6) is -1.10. The molecule has 1 amide bonds. The van der Waals surface area contributed by atoms with E-state index in [9.17, 15) is 14.7 Å². The molecule has 4 N–H and O–H groups in total. The summed E-state index contributed by atoms with van der Waals surface area (Å²) in [6, 6.07) is 13.3. The van der Waals surface area contributed by atoms with Crippen LogP contribution in [-0.4, -0.2) is 48.1 Å². The number of hydrogen-bond acceptors (Lipinski definition) is 7. The first-order chi connectivity index (χ1) is 19.0. The zero-order chi connectivity index (χ0) is 27.1. The number of rotatable bonds is 6. The van der Waals surface area contributed by atoms with Gasteiger partial charge in [-0.3, -0.25) is 14.3 Å². The number of aliphatic hydroxyl groups excluding tert-OH is 1. The second-order valence-electron chi connectivity index (χ2n) is 9.02. The van der Waals surface area contributed by atoms with E-state index in [4.69, 9.17) is 10.5 Å². The van der Waals surface area contributed by atoms with Gasteiger partial charge in [-0.25, -0.2) is 19.0 Å². The number of ether oxygens (including phenoxy) is 1. The predicted molar refractivity (Wildman–Crippen MR) is 142 cm³/mol. The number of carbonyl (C=O) groups excluding carboxylic acids is 1. The molecule has 39 heavy (non-hydrogen) atoms. The molecule has 0 saturated carbocycles. The van der Waals surface area contributed by atoms with E-state index in [1.807, 2.05) is 18.2 Å². The molecule has 0 saturated heterocycles. The number of carbonyl (C=O) groups is 1. The fourth-order valence-electron chi connectivity index (χ4n) is 4.98. The smallest absolute Gasteiger partial charge is 0.284 e. The van der Waals surface area contributed by atoms with Gasteiger partial charge in [0.05, 0.1) is 43.1 Å². The molecule has 11 nitrogen and oxygen atoms in total. The molecule has 1 aliphatic rings. The van der Waals surface area contributed by atoms with Crippen LogP contribution in [0, 0.1) is 5.82 Å². The first-order valence-corrected chi connectivity index (χ1v) is 12.3. The molecular weight excluding hydrogens is 505 g/mol. The van der Waals surface area contributed by atoms with Crippen molar-refractivity contribution >= 4 is 28.4 Å². The van der Waals surface area contributed by atoms with Crippen LogP contribution in [0.15, 0.2) is 65.8 Å². The molecule has 0 aliphatic carbocycles. The Labute approximate surface area is 220 Å². The van der Waals surface area contributed by atoms with Crippen LogP contribution in [0.1, 0.15) is 16.1 Å². The van der Waals surface area contributed by atoms with Gasteiger partial charge in [0.2, 0.25) is 0 Å². The number of benzene rings is 2. The van der Waals surface area contributed by atoms with Gasteiger partial charge in [0.1, 0.15) is 29.2 Å². The van der Waals surface area contributed by atoms with E-state index in [1.54, 1.807) is 33.6 Å². The first kappa shape index (κ1) is 24.5. The third-order valence-electron chi connectivity index (χ3n) is 6.70. The highest BCUT2D eigenvalue weighted by Gasteiger charge is 2.28. The van der Waals surface area contributed by atoms with Gasteiger partial charge in [0.25, 0.3) is 11.5 Å². The van der Waals surface area contributed by atoms with Crippen LogP contribution < -0.4 is 16.6 Å². The lowest BCUT2D eigenvalue weighted by molar-refractivity contribution is 0.0756. The molecule has 2 aromatic carbocycles. The van der Waals surface area contributed by atoms with Crippen molar-refractivity contribution in [3.8, 4) is 16.8 Å². The highest BCUT2D eigenvalue weighted by Crippen LogP contribution is 2.35. The summed E-state index contributed by atoms with van der Waals surface area (Å²) in [5, 5.41) is 12.5. The highest BCUT2D eigenvalue weighted by atomic mass is 19.1. The van der Waals surface area contributed by atoms with Crippen molar-refractivity contribution < 1.29 is 19.0 Å². The standard InChI is InChI=1S/C27H24FN7O4/c28-20-12-16(6-7-18(20)19-13-33(8-10-36)25-22(19)24(29)30-15-31-25)32-26(37)23-21-14-39-11-9-34(21)35(27(23)38)17-4-2-1-3-5-17/h1-7,12-13,15,36H,8-11,14H2,(H,32,37)(H2,29,30,31). The molecular formula is C27H24FN7O4. The van der Waals surface area contributed by atoms with Crippen LogP contribution in [-0.2, 0) is 24.4 Å². The lowest BCUT2D eigenvalue weighted by atomic mass is 10.0. The van der Waals surface area contributed by atoms with Crippen LogP contribution in [0.3, 0.4) is 0 Å². The van der Waals surface area contributed by atoms with Crippen molar-refractivity contribution in [1.29, 1.82) is 0 Å². The fraction of sp³-hybridized carbons (Fsp3) is 0.185. The minimum Gasteiger partial charge on any atom is -0.395 e. The molecule has 0 radical (unpaired) electrons. The summed E-state index contributed by atoms with van der Waals surface area (Å²) in [4.78, 5) is 35.0. The van der Waals surface area contributed by atoms with Crippen molar-refractivity contribution in [2.45, 2.75) is 19.7 Å². The van der Waals surface area contributed by atoms with Crippen molar-refractivity contribution in [1.82, 2.24) is 23.9 Å². The number of aromatic nitrogens is 5. The Balaban J connectivity index is 1.36. The molecule has 0 fully saturated rings. The Morgan fingerprint density at radius 1 is 1.15 bits per heavy atom. The van der Waals surface area contributed by atoms with Gasteiger partial charge < -0.3 is 25.5 Å². The number of nitrogens with one attached hydrogen (secondary N) is 1. The summed E-state index contributed by atoms with van der Waals surface area (Å²) < 4.78 is 25.9. The Kier molecular flexibility index (Phi) is 6.17. The lowest BCUT2D eigenvalue weighted by Crippen LogP contribution is -2.26. The number of amides is 1. The van der Waals surface area contributed by atoms with Crippen molar-refractivity contribution in [2.75, 3.05) is 24.3 Å². The number of halogens is 1. The van der Waals surface area contributed by atoms with Gasteiger partial charge in [0, 0.05) is 29.6 Å². The zero-order valence-electron chi connectivity index (χ0n) is 20.7. The average molecular weight is 530 g/mol. The van der Waals surface area contributed by atoms with E-state index in [0.717, 1.165) is 0 Å². The number of nitrogen functional groups attached to an aromatic ring is 1. The molecule has 1 aliphatic heterocycles. The number of para-hydroxylation sites is 1. The van der Waals surface area contributed by atoms with E-state index >= 15 is 4.39 Å². The second kappa shape index (κ2) is 9.82. The van der Waals surface area contributed by atoms with Crippen LogP contribution in [0.5, 0.6) is 0 Å². The molecule has 12 heteroatoms. The van der Waals surface area contributed by atoms with Crippen molar-refractivity contribution in [3.05, 3.63) is 88.5 Å². The van der Waals surface area contributed by atoms with Gasteiger partial charge in [-0.1, -0.05) is 18.2 Å². The second-order valence-corrected chi connectivity index (χ2v) is 9.02. The molecule has 0 atom stereocenters. The maximum atomic E-state index is 15.4. The van der Waals surface area contributed by atoms with Gasteiger partial charge >= 0.3 is 0 Å². The third-order valence-corrected chi connectivity index (χ3v) is 6.70. The monoisotopic (exact) mass is 529 g/mol. The van der Waals surface area contributed by atoms with Crippen LogP contribution in [0.2, 0.25) is 0 Å². The highest BCUT2D eigenvalue weighted by molar-refractivity contribution is 6.05. The zero-order valence-corrected chi connectivity index (χ0v) is 20.7. The summed E-state index contributed by atoms with van der Waals surface area (Å²) in [7, 11) is 0. The number of anilines is 2. The van der Waals surface area contributed by atoms with Gasteiger partial charge in [-0.05, 0) is 30.3 Å². The van der Waals surface area contributed by atoms with E-state index in [-0.39, 0.29) is 42.4 Å². The minimum absolute atomic E-state index is 0.0555. The largest absolute Gasteiger partial charge is 0.395 e. The molecule has 0 unspecified atom stereocenters. The van der Waals surface area contributed by atoms with E-state index in [0.29, 0.717) is 41.1 Å². The first-order valence-electron chi connectivity index (χ1n) is 12.3. The Bertz CT molecular complexity index is 1770. The number of fused-ring (bicyclic) bond motifs is 2. The molecule has 6 rings (SSSR count). The summed E-state index contributed by atoms with van der Waals surface area (Å²) >= 11 is 0. The van der Waals surface area contributed by atoms with E-state index < -0.39 is 17.3 Å². The number of nitrogens with zero attached hydrogens (tertiary/aromatic N) is 5. The molecule has 198 valence electrons. The molecule has 0 bridgehead atoms. The maximum absolute atomic E-state index is 15.4. The van der Waals surface area contributed by atoms with Crippen LogP contribution >= 0.6 is 0 Å². The fourth-order valence-corrected chi connectivity index (χ4v) is 4.98. The quantitative estimate of drug-likeness (QED) is 0.307. The Morgan fingerprint density at radius 3 is 2.74 bits per heavy atom. The van der Waals surface area contributed by atoms with Crippen molar-refractivity contribution in [2.24, 2.45) is 0 Å². The van der Waals surface area contributed by atoms with Crippen LogP contribution in [0.25, 0.3) is 27.8 Å². The lowest BCUT2D eigenvalue weighted by Gasteiger charge is -2.19. The number of nitrogens with two attached hydrogens (primary N) is 1. The maximum Gasteiger partial charge on any atom is 0.284 e. The van der Waals surface area contributed by atoms with Crippen molar-refractivity contribution in [3.63, 3.8) is 0 Å². The van der Waals surface area contributed by atoms with Gasteiger partial charge in [-0.2, -0.15) is 0 Å². The van der Waals surface area contributed by atoms with E-state index in [1.165, 1.54) is 23.1 Å². The summed E-state index contributed by atoms with van der Waals surface area (Å²) in [6.45, 7) is 1.03. The molecule has 5 aromatic rings. The summed E-state index contributed by atoms with van der Waals surface area (Å²) in [6.07, 6.45) is 2.96. The predicted octanol–water partition coefficient (Wildman–Crippen LogP) is 2.55. The Morgan fingerprint density at radius 2 is 1.97 bits per heavy atom. The normalized spacial score (nSPS) is 13.0. The summed E-state index contributed by atoms with van der Waals surface area (Å²) in [5.41, 5.74) is 7.94. The molecule has 3 aromatic heterocycles. The molecule has 0 spiro atoms. The van der Waals surface area contributed by atoms with E-state index in [2.05, 4.69) is 15.3 Å². The number of hydrogen-bond donors (Lipinski definition) is 3. The SMILES string of the molecule is Nc1ncnc2c1c(-c1ccc(NC(=O)c3c4n(n(-c5ccccc5)c3=O)CCOC4)cc1F)cn2CCO. The third kappa shape index (κ3) is 4.15. The number of aliphatic hydroxyl groups is 1. The minimum atomic E-state index is -0.659. The average Bonchev–Trinajstić information content (AvgIpc) is 3.45. The Hall–Kier alpha value is -4.81. The van der Waals surface area contributed by atoms with Gasteiger partial charge in [-0.15, -0.1) is 0 Å². The topological polar surface area (TPSA) is 142 Å².